The van der Waals surface area contributed by atoms with Crippen LogP contribution in [0.5, 0.6) is 5.75 Å². The topological polar surface area (TPSA) is 247 Å². The number of fused-ring (bicyclic) bond motifs is 7. The van der Waals surface area contributed by atoms with Crippen molar-refractivity contribution in [1.29, 1.82) is 0 Å². The number of carbonyl (C=O) groups excluding carboxylic acids is 6. The number of halogens is 2. The van der Waals surface area contributed by atoms with Crippen molar-refractivity contribution in [3.63, 3.8) is 0 Å². The molecule has 0 radical (unpaired) electrons. The van der Waals surface area contributed by atoms with Crippen molar-refractivity contribution in [2.24, 2.45) is 22.7 Å². The number of alkyl halides is 2. The molecule has 2 aromatic rings. The largest absolute Gasteiger partial charge is 0.495 e. The summed E-state index contributed by atoms with van der Waals surface area (Å²) in [6.07, 6.45) is 0.611. The number of allylic oxidation sites excluding steroid dienone is 4. The van der Waals surface area contributed by atoms with E-state index < -0.39 is 124 Å². The van der Waals surface area contributed by atoms with Crippen molar-refractivity contribution in [2.75, 3.05) is 32.2 Å². The van der Waals surface area contributed by atoms with Gasteiger partial charge in [-0.2, -0.15) is 0 Å². The highest BCUT2D eigenvalue weighted by Crippen LogP contribution is 2.72. The van der Waals surface area contributed by atoms with E-state index in [0.29, 0.717) is 23.4 Å². The summed E-state index contributed by atoms with van der Waals surface area (Å²) in [5.41, 5.74) is -4.33. The highest BCUT2D eigenvalue weighted by molar-refractivity contribution is 8.01. The molecule has 20 heteroatoms. The molecule has 2 aromatic carbocycles. The molecule has 4 fully saturated rings. The highest BCUT2D eigenvalue weighted by Gasteiger charge is 2.80. The van der Waals surface area contributed by atoms with Gasteiger partial charge >= 0.3 is 5.97 Å². The first-order valence-electron chi connectivity index (χ1n) is 26.1. The third kappa shape index (κ3) is 10.8. The number of aliphatic carboxylic acids is 1. The Morgan fingerprint density at radius 2 is 1.67 bits per heavy atom. The number of carboxylic acid groups (broad SMARTS) is 1. The summed E-state index contributed by atoms with van der Waals surface area (Å²) < 4.78 is 52.7. The van der Waals surface area contributed by atoms with E-state index >= 15 is 8.78 Å². The fraction of sp³-hybridized carbons (Fsp3) is 0.589. The van der Waals surface area contributed by atoms with E-state index in [4.69, 9.17) is 14.2 Å². The number of unbranched alkanes of at least 4 members (excludes halogenated alkanes) is 1. The Labute approximate surface area is 446 Å². The Morgan fingerprint density at radius 3 is 2.33 bits per heavy atom. The summed E-state index contributed by atoms with van der Waals surface area (Å²) in [7, 11) is 3.00. The zero-order valence-corrected chi connectivity index (χ0v) is 45.2. The number of rotatable bonds is 22. The van der Waals surface area contributed by atoms with Crippen LogP contribution in [0.25, 0.3) is 0 Å². The van der Waals surface area contributed by atoms with Crippen molar-refractivity contribution in [2.45, 2.75) is 158 Å². The molecule has 0 spiro atoms. The number of likely N-dealkylation sites (N-methyl/N-ethyl adjacent to an activating group) is 1. The Kier molecular flexibility index (Phi) is 17.7. The number of ketones is 2. The molecule has 17 nitrogen and oxygen atoms in total. The zero-order chi connectivity index (χ0) is 55.7. The fourth-order valence-corrected chi connectivity index (χ4v) is 14.0. The summed E-state index contributed by atoms with van der Waals surface area (Å²) in [6, 6.07) is 10.6. The van der Waals surface area contributed by atoms with E-state index in [1.54, 1.807) is 31.2 Å². The molecular formula is C56H72F2N4O13S. The van der Waals surface area contributed by atoms with Crippen LogP contribution < -0.4 is 25.6 Å². The normalized spacial score (nSPS) is 30.7. The summed E-state index contributed by atoms with van der Waals surface area (Å²) in [6.45, 7) is 9.25. The fourth-order valence-electron chi connectivity index (χ4n) is 12.7. The molecule has 6 N–H and O–H groups in total. The first kappa shape index (κ1) is 58.1. The Balaban J connectivity index is 0.935. The molecule has 414 valence electrons. The van der Waals surface area contributed by atoms with Crippen molar-refractivity contribution < 1.29 is 71.9 Å². The molecule has 14 atom stereocenters. The van der Waals surface area contributed by atoms with E-state index in [9.17, 15) is 48.9 Å². The average Bonchev–Trinajstić information content (AvgIpc) is 3.99. The minimum Gasteiger partial charge on any atom is -0.495 e. The van der Waals surface area contributed by atoms with Crippen LogP contribution in [0.2, 0.25) is 0 Å². The number of methoxy groups -OCH3 is 1. The van der Waals surface area contributed by atoms with Gasteiger partial charge in [-0.25, -0.2) is 8.78 Å². The third-order valence-corrected chi connectivity index (χ3v) is 18.1. The van der Waals surface area contributed by atoms with Gasteiger partial charge in [0.25, 0.3) is 0 Å². The highest BCUT2D eigenvalue weighted by atomic mass is 32.2. The lowest BCUT2D eigenvalue weighted by Gasteiger charge is -2.63. The van der Waals surface area contributed by atoms with Gasteiger partial charge < -0.3 is 50.4 Å². The number of Topliss-reactive ketones (excluding diaryl/α,β-unsaturated/α-hetero) is 1. The summed E-state index contributed by atoms with van der Waals surface area (Å²) in [4.78, 5) is 91.3. The van der Waals surface area contributed by atoms with Gasteiger partial charge in [-0.15, -0.1) is 11.8 Å². The first-order chi connectivity index (χ1) is 35.9. The van der Waals surface area contributed by atoms with Gasteiger partial charge in [0.2, 0.25) is 23.6 Å². The van der Waals surface area contributed by atoms with Crippen molar-refractivity contribution >= 4 is 58.6 Å². The molecular weight excluding hydrogens is 1010 g/mol. The lowest BCUT2D eigenvalue weighted by atomic mass is 9.44. The minimum absolute atomic E-state index is 0.00631. The molecule has 0 bridgehead atoms. The number of hydrogen-bond acceptors (Lipinski definition) is 13. The molecule has 5 aliphatic rings. The molecule has 2 unspecified atom stereocenters. The first-order valence-corrected chi connectivity index (χ1v) is 27.0. The molecule has 7 rings (SSSR count). The maximum absolute atomic E-state index is 17.8. The van der Waals surface area contributed by atoms with Gasteiger partial charge in [0, 0.05) is 47.6 Å². The van der Waals surface area contributed by atoms with Crippen molar-refractivity contribution in [1.82, 2.24) is 16.0 Å². The van der Waals surface area contributed by atoms with Gasteiger partial charge in [0.15, 0.2) is 29.1 Å². The molecule has 1 aliphatic heterocycles. The van der Waals surface area contributed by atoms with Crippen LogP contribution in [-0.2, 0) is 49.5 Å². The second-order valence-corrected chi connectivity index (χ2v) is 23.2. The Morgan fingerprint density at radius 1 is 0.974 bits per heavy atom. The molecule has 1 heterocycles. The second-order valence-electron chi connectivity index (χ2n) is 21.5. The number of hydrogen-bond donors (Lipinski definition) is 6. The van der Waals surface area contributed by atoms with Crippen LogP contribution in [-0.4, -0.2) is 136 Å². The predicted molar refractivity (Wildman–Crippen MR) is 279 cm³/mol. The molecule has 76 heavy (non-hydrogen) atoms. The number of nitrogens with one attached hydrogen (secondary N) is 3. The Bertz CT molecular complexity index is 2640. The summed E-state index contributed by atoms with van der Waals surface area (Å²) >= 11 is 1.29. The zero-order valence-electron chi connectivity index (χ0n) is 44.4. The number of anilines is 1. The number of benzene rings is 2. The van der Waals surface area contributed by atoms with E-state index in [2.05, 4.69) is 22.9 Å². The van der Waals surface area contributed by atoms with Crippen LogP contribution in [0, 0.1) is 22.7 Å². The average molecular weight is 1080 g/mol. The lowest BCUT2D eigenvalue weighted by molar-refractivity contribution is -0.235. The van der Waals surface area contributed by atoms with Gasteiger partial charge in [-0.05, 0) is 99.8 Å². The van der Waals surface area contributed by atoms with E-state index in [0.717, 1.165) is 36.5 Å². The van der Waals surface area contributed by atoms with Crippen LogP contribution in [0.15, 0.2) is 66.3 Å². The monoisotopic (exact) mass is 1080 g/mol. The Hall–Kier alpha value is -5.54. The minimum atomic E-state index is -2.37. The van der Waals surface area contributed by atoms with E-state index in [1.807, 2.05) is 25.1 Å². The van der Waals surface area contributed by atoms with Crippen LogP contribution in [0.4, 0.5) is 14.5 Å². The maximum Gasteiger partial charge on any atom is 0.305 e. The lowest BCUT2D eigenvalue weighted by Crippen LogP contribution is -2.70. The van der Waals surface area contributed by atoms with Crippen LogP contribution in [0.3, 0.4) is 0 Å². The third-order valence-electron chi connectivity index (χ3n) is 16.7. The second kappa shape index (κ2) is 23.2. The van der Waals surface area contributed by atoms with Crippen molar-refractivity contribution in [3.05, 3.63) is 83.0 Å². The number of amides is 4. The number of ether oxygens (including phenoxy) is 3. The van der Waals surface area contributed by atoms with E-state index in [-0.39, 0.29) is 49.5 Å². The van der Waals surface area contributed by atoms with Gasteiger partial charge in [-0.1, -0.05) is 70.0 Å². The van der Waals surface area contributed by atoms with E-state index in [1.165, 1.54) is 63.7 Å². The smallest absolute Gasteiger partial charge is 0.305 e. The number of carboxylic acids is 1. The SMILES string of the molecule is CCCCC(C)SC(CC(=O)O)C(=O)NCCC(=O)N[C@@H](C)C(=O)N[C@@H](C)C(=O)N(C)c1ccc(Cc2ccc([C@@H]3O[C@@H]4C[C@H]5[C@@H]6C[C@H](F)C7=CC(=O)C=C[C@]7(C)[C@@]6(F)[C@@H](O)C[C@]5(C)[C@]4(C(=O)CO)O3)cc2)cc1OC. The van der Waals surface area contributed by atoms with Gasteiger partial charge in [0.05, 0.1) is 36.7 Å². The van der Waals surface area contributed by atoms with Crippen LogP contribution >= 0.6 is 11.8 Å². The molecule has 4 aliphatic carbocycles. The van der Waals surface area contributed by atoms with Gasteiger partial charge in [-0.3, -0.25) is 33.6 Å². The number of aliphatic hydroxyl groups is 2. The number of carbonyl (C=O) groups is 7. The molecule has 0 aromatic heterocycles. The van der Waals surface area contributed by atoms with Crippen molar-refractivity contribution in [3.8, 4) is 5.75 Å². The standard InChI is InChI=1S/C56H72F2N4O13S/c1-9-10-11-30(2)76-43(27-48(68)69)50(71)59-21-19-47(67)60-31(3)49(70)61-32(4)51(72)62(7)41-17-14-34(23-42(41)73-8)22-33-12-15-35(16-13-33)52-74-46-26-37-38-25-40(57)39-24-36(64)18-20-53(39,5)55(38,58)44(65)28-54(37,6)56(46,75-52)45(66)29-63/h12-18,20,23-24,30-32,37-38,40,43-44,46,52,63,65H,9-11,19,21-22,25-29H2,1-8H3,(H,59,71)(H,60,67)(H,61,70)(H,68,69)/t30?,31-,32-,37-,38-,40-,43?,44-,46+,52+,53-,54-,55-,56+/m0/s1. The quantitative estimate of drug-likeness (QED) is 0.0846. The number of thioether (sulfide) groups is 1. The molecule has 3 saturated carbocycles. The number of nitrogens with zero attached hydrogens (tertiary/aromatic N) is 1. The summed E-state index contributed by atoms with van der Waals surface area (Å²) in [5.74, 6) is -5.69. The summed E-state index contributed by atoms with van der Waals surface area (Å²) in [5, 5.41) is 38.6. The number of aliphatic hydroxyl groups excluding tert-OH is 2. The predicted octanol–water partition coefficient (Wildman–Crippen LogP) is 5.56. The molecule has 4 amide bonds. The molecule has 1 saturated heterocycles. The van der Waals surface area contributed by atoms with Gasteiger partial charge in [0.1, 0.15) is 30.6 Å². The van der Waals surface area contributed by atoms with Crippen LogP contribution in [0.1, 0.15) is 116 Å². The maximum atomic E-state index is 17.8.